The molecule has 2 atom stereocenters. The number of hydrogen-bond donors (Lipinski definition) is 2. The number of nitrogens with one attached hydrogen (secondary N) is 1. The van der Waals surface area contributed by atoms with E-state index in [1.807, 2.05) is 0 Å². The second kappa shape index (κ2) is 5.48. The molecule has 12 heavy (non-hydrogen) atoms. The van der Waals surface area contributed by atoms with E-state index in [0.717, 1.165) is 19.4 Å². The lowest BCUT2D eigenvalue weighted by Gasteiger charge is -2.16. The third-order valence-corrected chi connectivity index (χ3v) is 2.04. The van der Waals surface area contributed by atoms with E-state index in [4.69, 9.17) is 14.6 Å². The number of methoxy groups -OCH3 is 1. The zero-order valence-electron chi connectivity index (χ0n) is 7.45. The van der Waals surface area contributed by atoms with Gasteiger partial charge in [-0.25, -0.2) is 0 Å². The molecule has 2 unspecified atom stereocenters. The summed E-state index contributed by atoms with van der Waals surface area (Å²) in [5.74, 6) is 0. The van der Waals surface area contributed by atoms with Gasteiger partial charge in [-0.1, -0.05) is 0 Å². The first kappa shape index (κ1) is 9.92. The minimum absolute atomic E-state index is 0.0518. The van der Waals surface area contributed by atoms with Gasteiger partial charge in [0.1, 0.15) is 6.23 Å². The number of aliphatic hydroxyl groups is 1. The summed E-state index contributed by atoms with van der Waals surface area (Å²) < 4.78 is 10.3. The summed E-state index contributed by atoms with van der Waals surface area (Å²) in [4.78, 5) is 0. The highest BCUT2D eigenvalue weighted by Gasteiger charge is 2.16. The third-order valence-electron chi connectivity index (χ3n) is 2.04. The summed E-state index contributed by atoms with van der Waals surface area (Å²) in [5, 5.41) is 12.0. The van der Waals surface area contributed by atoms with Gasteiger partial charge in [0.2, 0.25) is 0 Å². The van der Waals surface area contributed by atoms with Crippen LogP contribution >= 0.6 is 0 Å². The number of aliphatic hydroxyl groups excluding tert-OH is 1. The molecule has 0 aliphatic carbocycles. The molecule has 4 nitrogen and oxygen atoms in total. The van der Waals surface area contributed by atoms with Crippen molar-refractivity contribution in [3.05, 3.63) is 0 Å². The molecule has 0 aromatic rings. The van der Waals surface area contributed by atoms with Crippen LogP contribution in [0, 0.1) is 0 Å². The predicted octanol–water partition coefficient (Wildman–Crippen LogP) is -0.280. The molecule has 1 fully saturated rings. The molecule has 0 saturated carbocycles. The molecule has 0 amide bonds. The molecule has 0 spiro atoms. The average Bonchev–Trinajstić information content (AvgIpc) is 2.59. The highest BCUT2D eigenvalue weighted by Crippen LogP contribution is 2.08. The van der Waals surface area contributed by atoms with Crippen LogP contribution in [0.3, 0.4) is 0 Å². The molecule has 1 heterocycles. The van der Waals surface area contributed by atoms with Crippen molar-refractivity contribution in [2.24, 2.45) is 0 Å². The predicted molar refractivity (Wildman–Crippen MR) is 44.9 cm³/mol. The summed E-state index contributed by atoms with van der Waals surface area (Å²) >= 11 is 0. The molecule has 1 saturated heterocycles. The molecular weight excluding hydrogens is 158 g/mol. The monoisotopic (exact) mass is 175 g/mol. The van der Waals surface area contributed by atoms with Crippen LogP contribution in [0.4, 0.5) is 0 Å². The van der Waals surface area contributed by atoms with Gasteiger partial charge in [0.15, 0.2) is 0 Å². The van der Waals surface area contributed by atoms with Crippen LogP contribution < -0.4 is 5.32 Å². The molecule has 2 N–H and O–H groups in total. The molecule has 1 aliphatic rings. The first-order chi connectivity index (χ1) is 5.86. The van der Waals surface area contributed by atoms with Gasteiger partial charge < -0.3 is 14.6 Å². The van der Waals surface area contributed by atoms with Crippen molar-refractivity contribution in [1.82, 2.24) is 5.32 Å². The van der Waals surface area contributed by atoms with Crippen molar-refractivity contribution in [3.63, 3.8) is 0 Å². The Hall–Kier alpha value is -0.160. The van der Waals surface area contributed by atoms with E-state index in [-0.39, 0.29) is 18.9 Å². The summed E-state index contributed by atoms with van der Waals surface area (Å²) in [5.41, 5.74) is 0. The van der Waals surface area contributed by atoms with E-state index < -0.39 is 0 Å². The summed E-state index contributed by atoms with van der Waals surface area (Å²) in [6.45, 7) is 1.54. The van der Waals surface area contributed by atoms with Gasteiger partial charge in [-0.15, -0.1) is 0 Å². The quantitative estimate of drug-likeness (QED) is 0.603. The standard InChI is InChI=1S/C8H17NO3/c1-11-7(6-10)5-9-8-3-2-4-12-8/h7-10H,2-6H2,1H3. The Bertz CT molecular complexity index is 109. The largest absolute Gasteiger partial charge is 0.394 e. The minimum atomic E-state index is -0.116. The Morgan fingerprint density at radius 2 is 2.58 bits per heavy atom. The lowest BCUT2D eigenvalue weighted by molar-refractivity contribution is 0.0255. The number of hydrogen-bond acceptors (Lipinski definition) is 4. The maximum absolute atomic E-state index is 8.79. The van der Waals surface area contributed by atoms with Crippen molar-refractivity contribution in [1.29, 1.82) is 0 Å². The molecule has 0 aromatic heterocycles. The molecular formula is C8H17NO3. The Labute approximate surface area is 72.9 Å². The highest BCUT2D eigenvalue weighted by molar-refractivity contribution is 4.66. The lowest BCUT2D eigenvalue weighted by Crippen LogP contribution is -2.37. The van der Waals surface area contributed by atoms with E-state index >= 15 is 0 Å². The average molecular weight is 175 g/mol. The van der Waals surface area contributed by atoms with Gasteiger partial charge in [-0.3, -0.25) is 5.32 Å². The van der Waals surface area contributed by atoms with E-state index in [2.05, 4.69) is 5.32 Å². The van der Waals surface area contributed by atoms with E-state index in [9.17, 15) is 0 Å². The van der Waals surface area contributed by atoms with Crippen molar-refractivity contribution in [3.8, 4) is 0 Å². The van der Waals surface area contributed by atoms with Gasteiger partial charge in [-0.2, -0.15) is 0 Å². The van der Waals surface area contributed by atoms with Crippen molar-refractivity contribution in [2.45, 2.75) is 25.2 Å². The molecule has 1 rings (SSSR count). The SMILES string of the molecule is COC(CO)CNC1CCCO1. The zero-order chi connectivity index (χ0) is 8.81. The fourth-order valence-electron chi connectivity index (χ4n) is 1.22. The second-order valence-electron chi connectivity index (χ2n) is 2.95. The van der Waals surface area contributed by atoms with Crippen molar-refractivity contribution in [2.75, 3.05) is 26.9 Å². The number of rotatable bonds is 5. The Morgan fingerprint density at radius 1 is 1.75 bits per heavy atom. The Balaban J connectivity index is 2.06. The first-order valence-corrected chi connectivity index (χ1v) is 4.35. The molecule has 4 heteroatoms. The van der Waals surface area contributed by atoms with Gasteiger partial charge in [0, 0.05) is 20.3 Å². The smallest absolute Gasteiger partial charge is 0.108 e. The molecule has 1 aliphatic heterocycles. The Kier molecular flexibility index (Phi) is 4.53. The molecule has 0 bridgehead atoms. The van der Waals surface area contributed by atoms with Crippen LogP contribution in [-0.4, -0.2) is 44.3 Å². The molecule has 0 aromatic carbocycles. The lowest BCUT2D eigenvalue weighted by atomic mass is 10.3. The normalized spacial score (nSPS) is 26.0. The molecule has 72 valence electrons. The Morgan fingerprint density at radius 3 is 3.08 bits per heavy atom. The van der Waals surface area contributed by atoms with Crippen LogP contribution in [0.15, 0.2) is 0 Å². The second-order valence-corrected chi connectivity index (χ2v) is 2.95. The van der Waals surface area contributed by atoms with Crippen LogP contribution in [-0.2, 0) is 9.47 Å². The van der Waals surface area contributed by atoms with Gasteiger partial charge in [0.05, 0.1) is 12.7 Å². The van der Waals surface area contributed by atoms with E-state index in [1.54, 1.807) is 7.11 Å². The maximum atomic E-state index is 8.79. The van der Waals surface area contributed by atoms with Crippen LogP contribution in [0.5, 0.6) is 0 Å². The minimum Gasteiger partial charge on any atom is -0.394 e. The van der Waals surface area contributed by atoms with Crippen LogP contribution in [0.25, 0.3) is 0 Å². The van der Waals surface area contributed by atoms with Gasteiger partial charge in [-0.05, 0) is 12.8 Å². The number of ether oxygens (including phenoxy) is 2. The topological polar surface area (TPSA) is 50.7 Å². The van der Waals surface area contributed by atoms with Crippen molar-refractivity contribution >= 4 is 0 Å². The summed E-state index contributed by atoms with van der Waals surface area (Å²) in [7, 11) is 1.60. The fraction of sp³-hybridized carbons (Fsp3) is 1.00. The fourth-order valence-corrected chi connectivity index (χ4v) is 1.22. The maximum Gasteiger partial charge on any atom is 0.108 e. The van der Waals surface area contributed by atoms with Crippen LogP contribution in [0.1, 0.15) is 12.8 Å². The van der Waals surface area contributed by atoms with E-state index in [0.29, 0.717) is 6.54 Å². The van der Waals surface area contributed by atoms with E-state index in [1.165, 1.54) is 0 Å². The van der Waals surface area contributed by atoms with Gasteiger partial charge >= 0.3 is 0 Å². The highest BCUT2D eigenvalue weighted by atomic mass is 16.5. The van der Waals surface area contributed by atoms with Crippen molar-refractivity contribution < 1.29 is 14.6 Å². The summed E-state index contributed by atoms with van der Waals surface area (Å²) in [6.07, 6.45) is 2.22. The first-order valence-electron chi connectivity index (χ1n) is 4.35. The summed E-state index contributed by atoms with van der Waals surface area (Å²) in [6, 6.07) is 0. The molecule has 0 radical (unpaired) electrons. The van der Waals surface area contributed by atoms with Gasteiger partial charge in [0.25, 0.3) is 0 Å². The van der Waals surface area contributed by atoms with Crippen LogP contribution in [0.2, 0.25) is 0 Å². The zero-order valence-corrected chi connectivity index (χ0v) is 7.45. The third kappa shape index (κ3) is 3.06.